The highest BCUT2D eigenvalue weighted by Gasteiger charge is 2.17. The number of hydrogen-bond acceptors (Lipinski definition) is 3. The summed E-state index contributed by atoms with van der Waals surface area (Å²) >= 11 is 0. The molecule has 0 atom stereocenters. The van der Waals surface area contributed by atoms with Gasteiger partial charge in [-0.2, -0.15) is 0 Å². The average molecular weight is 274 g/mol. The minimum Gasteiger partial charge on any atom is -0.356 e. The molecule has 0 fully saturated rings. The highest BCUT2D eigenvalue weighted by atomic mass is 32.2. The molecule has 1 rings (SSSR count). The van der Waals surface area contributed by atoms with Crippen molar-refractivity contribution in [3.63, 3.8) is 0 Å². The fourth-order valence-corrected chi connectivity index (χ4v) is 2.43. The van der Waals surface area contributed by atoms with E-state index in [0.29, 0.717) is 6.54 Å². The summed E-state index contributed by atoms with van der Waals surface area (Å²) in [4.78, 5) is 10.7. The van der Waals surface area contributed by atoms with Crippen molar-refractivity contribution in [3.05, 3.63) is 30.1 Å². The van der Waals surface area contributed by atoms with Crippen LogP contribution in [-0.2, 0) is 14.8 Å². The van der Waals surface area contributed by atoms with Crippen LogP contribution in [0.1, 0.15) is 13.3 Å². The maximum absolute atomic E-state index is 13.3. The minimum absolute atomic E-state index is 0.0154. The lowest BCUT2D eigenvalue weighted by Crippen LogP contribution is -2.31. The Bertz CT molecular complexity index is 517. The molecule has 0 spiro atoms. The van der Waals surface area contributed by atoms with E-state index >= 15 is 0 Å². The molecule has 0 bridgehead atoms. The van der Waals surface area contributed by atoms with Crippen LogP contribution in [0.3, 0.4) is 0 Å². The molecule has 1 amide bonds. The maximum Gasteiger partial charge on any atom is 0.243 e. The standard InChI is InChI=1S/C11H15FN2O3S/c1-2-13-11(15)7-8-14-18(16,17)10-6-4-3-5-9(10)12/h3-6,14H,2,7-8H2,1H3,(H,13,15). The van der Waals surface area contributed by atoms with Crippen molar-refractivity contribution < 1.29 is 17.6 Å². The molecule has 0 radical (unpaired) electrons. The van der Waals surface area contributed by atoms with Gasteiger partial charge < -0.3 is 5.32 Å². The summed E-state index contributed by atoms with van der Waals surface area (Å²) in [6, 6.07) is 5.08. The number of sulfonamides is 1. The Hall–Kier alpha value is -1.47. The summed E-state index contributed by atoms with van der Waals surface area (Å²) in [6.45, 7) is 2.18. The van der Waals surface area contributed by atoms with Crippen LogP contribution in [-0.4, -0.2) is 27.4 Å². The molecule has 1 aromatic rings. The summed E-state index contributed by atoms with van der Waals surface area (Å²) in [7, 11) is -3.91. The Labute approximate surface area is 105 Å². The molecule has 0 saturated carbocycles. The molecule has 1 aromatic carbocycles. The van der Waals surface area contributed by atoms with Gasteiger partial charge in [0.1, 0.15) is 10.7 Å². The van der Waals surface area contributed by atoms with Crippen molar-refractivity contribution in [2.24, 2.45) is 0 Å². The van der Waals surface area contributed by atoms with Gasteiger partial charge in [0.05, 0.1) is 0 Å². The lowest BCUT2D eigenvalue weighted by molar-refractivity contribution is -0.120. The molecule has 5 nitrogen and oxygen atoms in total. The molecular formula is C11H15FN2O3S. The Balaban J connectivity index is 2.61. The monoisotopic (exact) mass is 274 g/mol. The van der Waals surface area contributed by atoms with Crippen LogP contribution in [0.2, 0.25) is 0 Å². The Morgan fingerprint density at radius 3 is 2.61 bits per heavy atom. The lowest BCUT2D eigenvalue weighted by Gasteiger charge is -2.07. The van der Waals surface area contributed by atoms with Crippen LogP contribution < -0.4 is 10.0 Å². The van der Waals surface area contributed by atoms with Gasteiger partial charge in [-0.25, -0.2) is 17.5 Å². The van der Waals surface area contributed by atoms with Crippen LogP contribution in [0, 0.1) is 5.82 Å². The summed E-state index contributed by atoms with van der Waals surface area (Å²) in [5.74, 6) is -1.07. The van der Waals surface area contributed by atoms with Gasteiger partial charge in [0, 0.05) is 19.5 Å². The van der Waals surface area contributed by atoms with Gasteiger partial charge in [-0.05, 0) is 19.1 Å². The molecule has 0 heterocycles. The first-order chi connectivity index (χ1) is 8.47. The fourth-order valence-electron chi connectivity index (χ4n) is 1.32. The first kappa shape index (κ1) is 14.6. The third-order valence-electron chi connectivity index (χ3n) is 2.14. The molecule has 100 valence electrons. The predicted molar refractivity (Wildman–Crippen MR) is 64.9 cm³/mol. The Morgan fingerprint density at radius 2 is 2.00 bits per heavy atom. The zero-order valence-electron chi connectivity index (χ0n) is 9.94. The number of benzene rings is 1. The number of carbonyl (C=O) groups excluding carboxylic acids is 1. The van der Waals surface area contributed by atoms with Gasteiger partial charge in [-0.3, -0.25) is 4.79 Å². The number of halogens is 1. The van der Waals surface area contributed by atoms with E-state index < -0.39 is 20.7 Å². The fraction of sp³-hybridized carbons (Fsp3) is 0.364. The molecule has 7 heteroatoms. The van der Waals surface area contributed by atoms with E-state index in [4.69, 9.17) is 0 Å². The van der Waals surface area contributed by atoms with Crippen molar-refractivity contribution in [3.8, 4) is 0 Å². The van der Waals surface area contributed by atoms with Crippen molar-refractivity contribution in [1.82, 2.24) is 10.0 Å². The summed E-state index contributed by atoms with van der Waals surface area (Å²) in [5, 5.41) is 2.54. The second-order valence-electron chi connectivity index (χ2n) is 3.53. The van der Waals surface area contributed by atoms with Gasteiger partial charge in [-0.15, -0.1) is 0 Å². The summed E-state index contributed by atoms with van der Waals surface area (Å²) < 4.78 is 38.9. The smallest absolute Gasteiger partial charge is 0.243 e. The molecule has 0 aliphatic heterocycles. The SMILES string of the molecule is CCNC(=O)CCNS(=O)(=O)c1ccccc1F. The molecule has 0 aliphatic rings. The van der Waals surface area contributed by atoms with E-state index in [0.717, 1.165) is 6.07 Å². The molecule has 0 aliphatic carbocycles. The second-order valence-corrected chi connectivity index (χ2v) is 5.27. The van der Waals surface area contributed by atoms with E-state index in [1.807, 2.05) is 0 Å². The van der Waals surface area contributed by atoms with Crippen LogP contribution in [0.4, 0.5) is 4.39 Å². The minimum atomic E-state index is -3.91. The molecule has 0 aromatic heterocycles. The van der Waals surface area contributed by atoms with Crippen LogP contribution in [0.15, 0.2) is 29.2 Å². The Kier molecular flexibility index (Phi) is 5.24. The number of amides is 1. The Morgan fingerprint density at radius 1 is 1.33 bits per heavy atom. The first-order valence-corrected chi connectivity index (χ1v) is 6.96. The summed E-state index contributed by atoms with van der Waals surface area (Å²) in [5.41, 5.74) is 0. The van der Waals surface area contributed by atoms with Crippen molar-refractivity contribution in [2.45, 2.75) is 18.2 Å². The molecule has 2 N–H and O–H groups in total. The quantitative estimate of drug-likeness (QED) is 0.799. The molecule has 0 unspecified atom stereocenters. The highest BCUT2D eigenvalue weighted by Crippen LogP contribution is 2.12. The second kappa shape index (κ2) is 6.46. The van der Waals surface area contributed by atoms with Crippen LogP contribution >= 0.6 is 0 Å². The molecular weight excluding hydrogens is 259 g/mol. The largest absolute Gasteiger partial charge is 0.356 e. The third-order valence-corrected chi connectivity index (χ3v) is 3.64. The topological polar surface area (TPSA) is 75.3 Å². The lowest BCUT2D eigenvalue weighted by atomic mass is 10.4. The van der Waals surface area contributed by atoms with E-state index in [1.165, 1.54) is 18.2 Å². The predicted octanol–water partition coefficient (Wildman–Crippen LogP) is 0.630. The van der Waals surface area contributed by atoms with E-state index in [1.54, 1.807) is 6.92 Å². The van der Waals surface area contributed by atoms with Crippen LogP contribution in [0.5, 0.6) is 0 Å². The average Bonchev–Trinajstić information content (AvgIpc) is 2.29. The zero-order valence-corrected chi connectivity index (χ0v) is 10.8. The van der Waals surface area contributed by atoms with Crippen molar-refractivity contribution in [1.29, 1.82) is 0 Å². The molecule has 0 saturated heterocycles. The maximum atomic E-state index is 13.3. The van der Waals surface area contributed by atoms with Crippen LogP contribution in [0.25, 0.3) is 0 Å². The molecule has 18 heavy (non-hydrogen) atoms. The number of rotatable bonds is 6. The summed E-state index contributed by atoms with van der Waals surface area (Å²) in [6.07, 6.45) is 0.0154. The van der Waals surface area contributed by atoms with Crippen molar-refractivity contribution in [2.75, 3.05) is 13.1 Å². The van der Waals surface area contributed by atoms with Gasteiger partial charge in [0.15, 0.2) is 0 Å². The van der Waals surface area contributed by atoms with Gasteiger partial charge >= 0.3 is 0 Å². The third kappa shape index (κ3) is 4.08. The normalized spacial score (nSPS) is 11.2. The van der Waals surface area contributed by atoms with Gasteiger partial charge in [0.2, 0.25) is 15.9 Å². The number of carbonyl (C=O) groups is 1. The van der Waals surface area contributed by atoms with E-state index in [9.17, 15) is 17.6 Å². The van der Waals surface area contributed by atoms with Crippen molar-refractivity contribution >= 4 is 15.9 Å². The highest BCUT2D eigenvalue weighted by molar-refractivity contribution is 7.89. The number of nitrogens with one attached hydrogen (secondary N) is 2. The van der Waals surface area contributed by atoms with Gasteiger partial charge in [0.25, 0.3) is 0 Å². The van der Waals surface area contributed by atoms with Gasteiger partial charge in [-0.1, -0.05) is 12.1 Å². The van der Waals surface area contributed by atoms with E-state index in [2.05, 4.69) is 10.0 Å². The van der Waals surface area contributed by atoms with E-state index in [-0.39, 0.29) is 18.9 Å². The number of hydrogen-bond donors (Lipinski definition) is 2. The zero-order chi connectivity index (χ0) is 13.6. The first-order valence-electron chi connectivity index (χ1n) is 5.48.